The highest BCUT2D eigenvalue weighted by atomic mass is 32.2. The van der Waals surface area contributed by atoms with Crippen LogP contribution in [-0.2, 0) is 10.0 Å². The monoisotopic (exact) mass is 331 g/mol. The Labute approximate surface area is 134 Å². The van der Waals surface area contributed by atoms with E-state index in [9.17, 15) is 13.6 Å². The van der Waals surface area contributed by atoms with Gasteiger partial charge in [0.1, 0.15) is 5.75 Å². The fourth-order valence-corrected chi connectivity index (χ4v) is 3.45. The molecule has 0 aliphatic carbocycles. The van der Waals surface area contributed by atoms with Crippen molar-refractivity contribution >= 4 is 27.5 Å². The minimum absolute atomic E-state index is 0.0969. The van der Waals surface area contributed by atoms with E-state index in [0.717, 1.165) is 5.06 Å². The summed E-state index contributed by atoms with van der Waals surface area (Å²) in [5.41, 5.74) is 1.27. The number of sulfonamides is 1. The first-order valence-corrected chi connectivity index (χ1v) is 8.41. The minimum atomic E-state index is -3.79. The largest absolute Gasteiger partial charge is 0.758 e. The Morgan fingerprint density at radius 3 is 2.61 bits per heavy atom. The molecule has 1 N–H and O–H groups in total. The fourth-order valence-electron chi connectivity index (χ4n) is 2.38. The van der Waals surface area contributed by atoms with Gasteiger partial charge in [-0.3, -0.25) is 4.72 Å². The molecule has 0 fully saturated rings. The number of benzene rings is 2. The molecule has 0 saturated heterocycles. The SMILES string of the molecule is COc1ccc(S(=O)(=O)Nc2cccc3c2N([O-])CC=C3)cc1. The molecule has 6 nitrogen and oxygen atoms in total. The average Bonchev–Trinajstić information content (AvgIpc) is 2.55. The molecule has 2 aromatic rings. The molecule has 0 spiro atoms. The molecule has 7 heteroatoms. The summed E-state index contributed by atoms with van der Waals surface area (Å²) >= 11 is 0. The molecule has 120 valence electrons. The quantitative estimate of drug-likeness (QED) is 0.931. The zero-order valence-corrected chi connectivity index (χ0v) is 13.2. The maximum Gasteiger partial charge on any atom is 0.261 e. The Kier molecular flexibility index (Phi) is 3.97. The molecule has 0 radical (unpaired) electrons. The zero-order chi connectivity index (χ0) is 16.4. The van der Waals surface area contributed by atoms with Crippen molar-refractivity contribution in [3.05, 3.63) is 59.3 Å². The molecule has 1 aliphatic heterocycles. The first-order valence-electron chi connectivity index (χ1n) is 6.92. The second-order valence-corrected chi connectivity index (χ2v) is 6.67. The minimum Gasteiger partial charge on any atom is -0.758 e. The van der Waals surface area contributed by atoms with Crippen LogP contribution in [0.4, 0.5) is 11.4 Å². The van der Waals surface area contributed by atoms with Crippen molar-refractivity contribution in [3.63, 3.8) is 0 Å². The Bertz CT molecular complexity index is 845. The van der Waals surface area contributed by atoms with Gasteiger partial charge in [0.15, 0.2) is 0 Å². The Morgan fingerprint density at radius 2 is 1.91 bits per heavy atom. The maximum atomic E-state index is 12.5. The summed E-state index contributed by atoms with van der Waals surface area (Å²) < 4.78 is 32.5. The molecular formula is C16H15N2O4S-. The Balaban J connectivity index is 1.96. The number of rotatable bonds is 4. The molecule has 1 aliphatic rings. The Hall–Kier alpha value is -2.51. The van der Waals surface area contributed by atoms with Crippen LogP contribution in [0.3, 0.4) is 0 Å². The third-order valence-corrected chi connectivity index (χ3v) is 4.88. The molecule has 0 amide bonds. The number of nitrogens with zero attached hydrogens (tertiary/aromatic N) is 1. The molecule has 2 aromatic carbocycles. The van der Waals surface area contributed by atoms with Crippen LogP contribution < -0.4 is 14.5 Å². The molecule has 1 heterocycles. The van der Waals surface area contributed by atoms with E-state index in [2.05, 4.69) is 4.72 Å². The van der Waals surface area contributed by atoms with Gasteiger partial charge in [0.2, 0.25) is 0 Å². The maximum absolute atomic E-state index is 12.5. The second-order valence-electron chi connectivity index (χ2n) is 4.99. The van der Waals surface area contributed by atoms with Crippen LogP contribution in [0, 0.1) is 5.21 Å². The van der Waals surface area contributed by atoms with Gasteiger partial charge in [-0.1, -0.05) is 24.3 Å². The summed E-state index contributed by atoms with van der Waals surface area (Å²) in [5, 5.41) is 12.8. The van der Waals surface area contributed by atoms with Crippen molar-refractivity contribution in [2.45, 2.75) is 4.90 Å². The van der Waals surface area contributed by atoms with Crippen LogP contribution in [0.2, 0.25) is 0 Å². The van der Waals surface area contributed by atoms with Gasteiger partial charge >= 0.3 is 0 Å². The first kappa shape index (κ1) is 15.4. The van der Waals surface area contributed by atoms with Crippen LogP contribution in [-0.4, -0.2) is 22.1 Å². The highest BCUT2D eigenvalue weighted by molar-refractivity contribution is 7.92. The normalized spacial score (nSPS) is 13.6. The third-order valence-electron chi connectivity index (χ3n) is 3.50. The van der Waals surface area contributed by atoms with Crippen LogP contribution in [0.15, 0.2) is 53.4 Å². The highest BCUT2D eigenvalue weighted by Gasteiger charge is 2.18. The van der Waals surface area contributed by atoms with E-state index >= 15 is 0 Å². The lowest BCUT2D eigenvalue weighted by Gasteiger charge is -2.35. The predicted molar refractivity (Wildman–Crippen MR) is 90.0 cm³/mol. The summed E-state index contributed by atoms with van der Waals surface area (Å²) in [4.78, 5) is 0.0969. The lowest BCUT2D eigenvalue weighted by atomic mass is 10.1. The molecule has 0 bridgehead atoms. The van der Waals surface area contributed by atoms with Crippen LogP contribution >= 0.6 is 0 Å². The number of hydrogen-bond donors (Lipinski definition) is 1. The van der Waals surface area contributed by atoms with Crippen molar-refractivity contribution in [2.24, 2.45) is 0 Å². The number of hydroxylamine groups is 1. The summed E-state index contributed by atoms with van der Waals surface area (Å²) in [6, 6.07) is 11.1. The molecule has 3 rings (SSSR count). The lowest BCUT2D eigenvalue weighted by molar-refractivity contribution is 0.414. The average molecular weight is 331 g/mol. The number of nitrogens with one attached hydrogen (secondary N) is 1. The molecular weight excluding hydrogens is 316 g/mol. The molecule has 0 atom stereocenters. The van der Waals surface area contributed by atoms with E-state index in [1.54, 1.807) is 42.5 Å². The predicted octanol–water partition coefficient (Wildman–Crippen LogP) is 2.83. The summed E-state index contributed by atoms with van der Waals surface area (Å²) in [7, 11) is -2.28. The zero-order valence-electron chi connectivity index (χ0n) is 12.4. The van der Waals surface area contributed by atoms with E-state index in [1.807, 2.05) is 0 Å². The summed E-state index contributed by atoms with van der Waals surface area (Å²) in [5.74, 6) is 0.567. The third kappa shape index (κ3) is 3.01. The van der Waals surface area contributed by atoms with E-state index < -0.39 is 10.0 Å². The highest BCUT2D eigenvalue weighted by Crippen LogP contribution is 2.34. The molecule has 0 unspecified atom stereocenters. The first-order chi connectivity index (χ1) is 11.0. The Morgan fingerprint density at radius 1 is 1.17 bits per heavy atom. The van der Waals surface area contributed by atoms with Gasteiger partial charge in [-0.2, -0.15) is 0 Å². The number of ether oxygens (including phenoxy) is 1. The van der Waals surface area contributed by atoms with E-state index in [4.69, 9.17) is 4.74 Å². The van der Waals surface area contributed by atoms with Crippen LogP contribution in [0.1, 0.15) is 5.56 Å². The van der Waals surface area contributed by atoms with Gasteiger partial charge in [-0.15, -0.1) is 0 Å². The smallest absolute Gasteiger partial charge is 0.261 e. The van der Waals surface area contributed by atoms with Crippen molar-refractivity contribution in [2.75, 3.05) is 23.4 Å². The summed E-state index contributed by atoms with van der Waals surface area (Å²) in [6.07, 6.45) is 3.53. The van der Waals surface area contributed by atoms with Gasteiger partial charge < -0.3 is 15.0 Å². The number of fused-ring (bicyclic) bond motifs is 1. The number of hydrogen-bond acceptors (Lipinski definition) is 5. The van der Waals surface area contributed by atoms with E-state index in [1.165, 1.54) is 19.2 Å². The van der Waals surface area contributed by atoms with Crippen LogP contribution in [0.25, 0.3) is 6.08 Å². The summed E-state index contributed by atoms with van der Waals surface area (Å²) in [6.45, 7) is 0.189. The van der Waals surface area contributed by atoms with Crippen LogP contribution in [0.5, 0.6) is 5.75 Å². The second kappa shape index (κ2) is 5.94. The van der Waals surface area contributed by atoms with Gasteiger partial charge in [0.05, 0.1) is 23.4 Å². The van der Waals surface area contributed by atoms with Gasteiger partial charge in [0, 0.05) is 6.54 Å². The lowest BCUT2D eigenvalue weighted by Crippen LogP contribution is -2.22. The van der Waals surface area contributed by atoms with Gasteiger partial charge in [-0.25, -0.2) is 8.42 Å². The molecule has 0 saturated carbocycles. The van der Waals surface area contributed by atoms with E-state index in [0.29, 0.717) is 17.0 Å². The standard InChI is InChI=1S/C16H15N2O4S/c1-22-13-7-9-14(10-8-13)23(20,21)17-15-6-2-4-12-5-3-11-18(19)16(12)15/h2-10,17H,11H2,1H3/q-1. The van der Waals surface area contributed by atoms with Gasteiger partial charge in [0.25, 0.3) is 10.0 Å². The fraction of sp³-hybridized carbons (Fsp3) is 0.125. The van der Waals surface area contributed by atoms with Crippen molar-refractivity contribution in [1.82, 2.24) is 0 Å². The van der Waals surface area contributed by atoms with Crippen molar-refractivity contribution in [1.29, 1.82) is 0 Å². The number of methoxy groups -OCH3 is 1. The molecule has 23 heavy (non-hydrogen) atoms. The van der Waals surface area contributed by atoms with Crippen molar-refractivity contribution < 1.29 is 13.2 Å². The molecule has 0 aromatic heterocycles. The topological polar surface area (TPSA) is 81.7 Å². The number of anilines is 2. The van der Waals surface area contributed by atoms with E-state index in [-0.39, 0.29) is 17.1 Å². The van der Waals surface area contributed by atoms with Crippen molar-refractivity contribution in [3.8, 4) is 5.75 Å². The number of para-hydroxylation sites is 1. The van der Waals surface area contributed by atoms with Gasteiger partial charge in [-0.05, 0) is 35.9 Å².